The lowest BCUT2D eigenvalue weighted by molar-refractivity contribution is -0.145. The first kappa shape index (κ1) is 23.8. The number of alkyl halides is 3. The number of rotatable bonds is 5. The van der Waals surface area contributed by atoms with Gasteiger partial charge < -0.3 is 0 Å². The van der Waals surface area contributed by atoms with Crippen LogP contribution in [0.25, 0.3) is 22.4 Å². The Morgan fingerprint density at radius 1 is 0.812 bits per heavy atom. The SMILES string of the molecule is CNS(=O)(=O)c1ccc(-c2c(C)nc(C(F)(F)F)nc2-c2ccc(S(C)(=O)=O)cc2)cc1. The lowest BCUT2D eigenvalue weighted by Crippen LogP contribution is -2.18. The van der Waals surface area contributed by atoms with Gasteiger partial charge in [0.05, 0.1) is 15.5 Å². The molecule has 0 saturated heterocycles. The Morgan fingerprint density at radius 2 is 1.31 bits per heavy atom. The van der Waals surface area contributed by atoms with Gasteiger partial charge in [-0.3, -0.25) is 0 Å². The molecule has 0 aliphatic carbocycles. The molecule has 1 aromatic heterocycles. The number of nitrogens with zero attached hydrogens (tertiary/aromatic N) is 2. The molecule has 0 aliphatic heterocycles. The van der Waals surface area contributed by atoms with Crippen LogP contribution in [0.5, 0.6) is 0 Å². The van der Waals surface area contributed by atoms with Crippen molar-refractivity contribution in [1.29, 1.82) is 0 Å². The number of nitrogens with one attached hydrogen (secondary N) is 1. The third-order valence-electron chi connectivity index (χ3n) is 4.62. The number of hydrogen-bond acceptors (Lipinski definition) is 6. The first-order valence-electron chi connectivity index (χ1n) is 9.04. The topological polar surface area (TPSA) is 106 Å². The molecular formula is C20H18F3N3O4S2. The molecule has 0 saturated carbocycles. The van der Waals surface area contributed by atoms with E-state index in [1.54, 1.807) is 0 Å². The fourth-order valence-corrected chi connectivity index (χ4v) is 4.39. The van der Waals surface area contributed by atoms with Crippen molar-refractivity contribution in [2.24, 2.45) is 0 Å². The highest BCUT2D eigenvalue weighted by atomic mass is 32.2. The van der Waals surface area contributed by atoms with Gasteiger partial charge in [0, 0.05) is 23.1 Å². The average Bonchev–Trinajstić information content (AvgIpc) is 2.72. The summed E-state index contributed by atoms with van der Waals surface area (Å²) in [7, 11) is -5.94. The maximum absolute atomic E-state index is 13.4. The molecule has 0 radical (unpaired) electrons. The Balaban J connectivity index is 2.24. The molecule has 3 rings (SSSR count). The second-order valence-corrected chi connectivity index (χ2v) is 10.8. The first-order chi connectivity index (χ1) is 14.7. The zero-order valence-corrected chi connectivity index (χ0v) is 18.7. The molecular weight excluding hydrogens is 467 g/mol. The molecule has 0 atom stereocenters. The largest absolute Gasteiger partial charge is 0.451 e. The number of aromatic nitrogens is 2. The van der Waals surface area contributed by atoms with Crippen molar-refractivity contribution in [2.75, 3.05) is 13.3 Å². The number of hydrogen-bond donors (Lipinski definition) is 1. The van der Waals surface area contributed by atoms with Crippen LogP contribution in [-0.2, 0) is 26.0 Å². The van der Waals surface area contributed by atoms with Gasteiger partial charge in [0.25, 0.3) is 0 Å². The van der Waals surface area contributed by atoms with E-state index in [1.807, 2.05) is 0 Å². The van der Waals surface area contributed by atoms with Crippen LogP contribution in [0, 0.1) is 6.92 Å². The third kappa shape index (κ3) is 4.81. The summed E-state index contributed by atoms with van der Waals surface area (Å²) in [6.45, 7) is 1.39. The zero-order valence-electron chi connectivity index (χ0n) is 17.1. The Hall–Kier alpha value is -2.83. The van der Waals surface area contributed by atoms with Crippen molar-refractivity contribution in [3.8, 4) is 22.4 Å². The second kappa shape index (κ2) is 8.26. The highest BCUT2D eigenvalue weighted by molar-refractivity contribution is 7.90. The minimum absolute atomic E-state index is 0.00579. The van der Waals surface area contributed by atoms with Crippen LogP contribution < -0.4 is 4.72 Å². The molecule has 0 unspecified atom stereocenters. The lowest BCUT2D eigenvalue weighted by Gasteiger charge is -2.16. The molecule has 170 valence electrons. The minimum atomic E-state index is -4.80. The molecule has 0 bridgehead atoms. The molecule has 0 spiro atoms. The number of aryl methyl sites for hydroxylation is 1. The number of benzene rings is 2. The number of sulfone groups is 1. The first-order valence-corrected chi connectivity index (χ1v) is 12.4. The summed E-state index contributed by atoms with van der Waals surface area (Å²) in [6, 6.07) is 10.8. The summed E-state index contributed by atoms with van der Waals surface area (Å²) in [6.07, 6.45) is -3.78. The van der Waals surface area contributed by atoms with Crippen LogP contribution in [0.4, 0.5) is 13.2 Å². The molecule has 1 N–H and O–H groups in total. The fraction of sp³-hybridized carbons (Fsp3) is 0.200. The summed E-state index contributed by atoms with van der Waals surface area (Å²) in [5.41, 5.74) is 0.870. The van der Waals surface area contributed by atoms with E-state index in [-0.39, 0.29) is 32.3 Å². The zero-order chi connectivity index (χ0) is 23.9. The van der Waals surface area contributed by atoms with Crippen LogP contribution in [0.3, 0.4) is 0 Å². The van der Waals surface area contributed by atoms with Gasteiger partial charge in [-0.25, -0.2) is 31.5 Å². The van der Waals surface area contributed by atoms with E-state index in [0.717, 1.165) is 6.26 Å². The second-order valence-electron chi connectivity index (χ2n) is 6.88. The number of halogens is 3. The van der Waals surface area contributed by atoms with Crippen molar-refractivity contribution >= 4 is 19.9 Å². The normalized spacial score (nSPS) is 12.7. The van der Waals surface area contributed by atoms with E-state index < -0.39 is 31.9 Å². The molecule has 1 heterocycles. The Bertz CT molecular complexity index is 1370. The van der Waals surface area contributed by atoms with Gasteiger partial charge in [-0.15, -0.1) is 0 Å². The van der Waals surface area contributed by atoms with E-state index in [0.29, 0.717) is 5.56 Å². The summed E-state index contributed by atoms with van der Waals surface area (Å²) < 4.78 is 89.6. The van der Waals surface area contributed by atoms with Crippen molar-refractivity contribution in [3.05, 3.63) is 60.0 Å². The lowest BCUT2D eigenvalue weighted by atomic mass is 9.98. The summed E-state index contributed by atoms with van der Waals surface area (Å²) in [4.78, 5) is 7.29. The van der Waals surface area contributed by atoms with Gasteiger partial charge in [0.1, 0.15) is 0 Å². The van der Waals surface area contributed by atoms with Crippen LogP contribution in [-0.4, -0.2) is 40.1 Å². The van der Waals surface area contributed by atoms with E-state index >= 15 is 0 Å². The Labute approximate surface area is 183 Å². The van der Waals surface area contributed by atoms with Crippen LogP contribution in [0.2, 0.25) is 0 Å². The predicted molar refractivity (Wildman–Crippen MR) is 112 cm³/mol. The standard InChI is InChI=1S/C20H18F3N3O4S2/c1-12-17(13-4-10-16(11-5-13)32(29,30)24-2)18(26-19(25-12)20(21,22)23)14-6-8-15(9-7-14)31(3,27)28/h4-11,24H,1-3H3. The highest BCUT2D eigenvalue weighted by Crippen LogP contribution is 2.36. The van der Waals surface area contributed by atoms with Crippen LogP contribution in [0.1, 0.15) is 11.5 Å². The van der Waals surface area contributed by atoms with Crippen molar-refractivity contribution in [2.45, 2.75) is 22.9 Å². The molecule has 0 fully saturated rings. The molecule has 0 amide bonds. The van der Waals surface area contributed by atoms with E-state index in [1.165, 1.54) is 62.5 Å². The third-order valence-corrected chi connectivity index (χ3v) is 7.18. The Morgan fingerprint density at radius 3 is 1.78 bits per heavy atom. The maximum atomic E-state index is 13.4. The van der Waals surface area contributed by atoms with Crippen molar-refractivity contribution in [3.63, 3.8) is 0 Å². The van der Waals surface area contributed by atoms with Gasteiger partial charge >= 0.3 is 6.18 Å². The molecule has 3 aromatic rings. The summed E-state index contributed by atoms with van der Waals surface area (Å²) in [5, 5.41) is 0. The smallest absolute Gasteiger partial charge is 0.229 e. The average molecular weight is 486 g/mol. The molecule has 7 nitrogen and oxygen atoms in total. The molecule has 0 aliphatic rings. The Kier molecular flexibility index (Phi) is 6.15. The molecule has 32 heavy (non-hydrogen) atoms. The van der Waals surface area contributed by atoms with Crippen molar-refractivity contribution < 1.29 is 30.0 Å². The summed E-state index contributed by atoms with van der Waals surface area (Å²) in [5.74, 6) is -1.34. The van der Waals surface area contributed by atoms with Gasteiger partial charge in [-0.05, 0) is 43.8 Å². The highest BCUT2D eigenvalue weighted by Gasteiger charge is 2.36. The van der Waals surface area contributed by atoms with E-state index in [9.17, 15) is 30.0 Å². The van der Waals surface area contributed by atoms with Gasteiger partial charge in [-0.1, -0.05) is 24.3 Å². The molecule has 12 heteroatoms. The number of sulfonamides is 1. The van der Waals surface area contributed by atoms with Gasteiger partial charge in [-0.2, -0.15) is 13.2 Å². The fourth-order valence-electron chi connectivity index (χ4n) is 3.03. The van der Waals surface area contributed by atoms with E-state index in [2.05, 4.69) is 14.7 Å². The van der Waals surface area contributed by atoms with Gasteiger partial charge in [0.2, 0.25) is 15.8 Å². The monoisotopic (exact) mass is 485 g/mol. The van der Waals surface area contributed by atoms with Gasteiger partial charge in [0.15, 0.2) is 9.84 Å². The maximum Gasteiger partial charge on any atom is 0.451 e. The minimum Gasteiger partial charge on any atom is -0.229 e. The predicted octanol–water partition coefficient (Wildman–Crippen LogP) is 3.45. The van der Waals surface area contributed by atoms with Crippen LogP contribution >= 0.6 is 0 Å². The quantitative estimate of drug-likeness (QED) is 0.593. The van der Waals surface area contributed by atoms with Crippen molar-refractivity contribution in [1.82, 2.24) is 14.7 Å². The van der Waals surface area contributed by atoms with Crippen LogP contribution in [0.15, 0.2) is 58.3 Å². The van der Waals surface area contributed by atoms with E-state index in [4.69, 9.17) is 0 Å². The molecule has 2 aromatic carbocycles. The summed E-state index contributed by atoms with van der Waals surface area (Å²) >= 11 is 0.